The van der Waals surface area contributed by atoms with Gasteiger partial charge in [0.1, 0.15) is 5.52 Å². The van der Waals surface area contributed by atoms with Crippen LogP contribution in [0.4, 0.5) is 6.01 Å². The van der Waals surface area contributed by atoms with E-state index < -0.39 is 5.97 Å². The Morgan fingerprint density at radius 3 is 2.86 bits per heavy atom. The Labute approximate surface area is 122 Å². The van der Waals surface area contributed by atoms with Crippen molar-refractivity contribution in [3.8, 4) is 0 Å². The van der Waals surface area contributed by atoms with Crippen molar-refractivity contribution < 1.29 is 19.4 Å². The molecule has 1 saturated carbocycles. The number of rotatable bonds is 3. The first-order valence-electron chi connectivity index (χ1n) is 7.11. The Bertz CT molecular complexity index is 667. The first-order chi connectivity index (χ1) is 10.1. The van der Waals surface area contributed by atoms with E-state index >= 15 is 0 Å². The number of aromatic carboxylic acids is 1. The van der Waals surface area contributed by atoms with Crippen LogP contribution in [0.3, 0.4) is 0 Å². The number of carboxylic acids is 1. The van der Waals surface area contributed by atoms with E-state index in [2.05, 4.69) is 4.98 Å². The van der Waals surface area contributed by atoms with Gasteiger partial charge in [0.05, 0.1) is 17.7 Å². The van der Waals surface area contributed by atoms with Gasteiger partial charge in [-0.25, -0.2) is 4.79 Å². The number of carbonyl (C=O) groups is 1. The lowest BCUT2D eigenvalue weighted by molar-refractivity contribution is 0.0697. The van der Waals surface area contributed by atoms with E-state index in [1.165, 1.54) is 12.1 Å². The number of fused-ring (bicyclic) bond motifs is 1. The lowest BCUT2D eigenvalue weighted by Crippen LogP contribution is -2.43. The molecule has 0 bridgehead atoms. The SMILES string of the molecule is CN(c1nc2ccc(C(=O)O)cc2o1)C1CCCCC1O. The second kappa shape index (κ2) is 5.37. The standard InChI is InChI=1S/C15H18N2O4/c1-17(11-4-2-3-5-12(11)18)15-16-10-7-6-9(14(19)20)8-13(10)21-15/h6-8,11-12,18H,2-5H2,1H3,(H,19,20). The Balaban J connectivity index is 1.91. The number of aliphatic hydroxyl groups excluding tert-OH is 1. The molecule has 2 unspecified atom stereocenters. The van der Waals surface area contributed by atoms with Crippen LogP contribution in [0.15, 0.2) is 22.6 Å². The molecule has 21 heavy (non-hydrogen) atoms. The highest BCUT2D eigenvalue weighted by Gasteiger charge is 2.29. The minimum absolute atomic E-state index is 0.00856. The number of anilines is 1. The van der Waals surface area contributed by atoms with Crippen LogP contribution in [0.5, 0.6) is 0 Å². The van der Waals surface area contributed by atoms with E-state index in [1.807, 2.05) is 11.9 Å². The highest BCUT2D eigenvalue weighted by Crippen LogP contribution is 2.28. The van der Waals surface area contributed by atoms with Gasteiger partial charge in [0.25, 0.3) is 6.01 Å². The maximum absolute atomic E-state index is 11.0. The molecule has 6 nitrogen and oxygen atoms in total. The number of aromatic nitrogens is 1. The normalized spacial score (nSPS) is 22.4. The van der Waals surface area contributed by atoms with Crippen LogP contribution in [-0.4, -0.2) is 40.4 Å². The predicted octanol–water partition coefficient (Wildman–Crippen LogP) is 2.27. The molecule has 2 aromatic rings. The van der Waals surface area contributed by atoms with Crippen LogP contribution in [-0.2, 0) is 0 Å². The summed E-state index contributed by atoms with van der Waals surface area (Å²) in [6.45, 7) is 0. The van der Waals surface area contributed by atoms with E-state index in [1.54, 1.807) is 6.07 Å². The second-order valence-corrected chi connectivity index (χ2v) is 5.51. The first kappa shape index (κ1) is 13.9. The fourth-order valence-corrected chi connectivity index (χ4v) is 2.88. The molecule has 0 radical (unpaired) electrons. The molecule has 2 N–H and O–H groups in total. The molecule has 6 heteroatoms. The summed E-state index contributed by atoms with van der Waals surface area (Å²) in [6.07, 6.45) is 3.43. The third-order valence-corrected chi connectivity index (χ3v) is 4.12. The Morgan fingerprint density at radius 1 is 1.38 bits per heavy atom. The predicted molar refractivity (Wildman–Crippen MR) is 77.6 cm³/mol. The number of aliphatic hydroxyl groups is 1. The summed E-state index contributed by atoms with van der Waals surface area (Å²) in [5, 5.41) is 19.1. The fourth-order valence-electron chi connectivity index (χ4n) is 2.88. The quantitative estimate of drug-likeness (QED) is 0.901. The van der Waals surface area contributed by atoms with E-state index in [0.29, 0.717) is 17.1 Å². The van der Waals surface area contributed by atoms with Gasteiger partial charge >= 0.3 is 5.97 Å². The van der Waals surface area contributed by atoms with Gasteiger partial charge in [-0.15, -0.1) is 0 Å². The molecule has 1 aromatic heterocycles. The van der Waals surface area contributed by atoms with Gasteiger partial charge in [0.15, 0.2) is 5.58 Å². The summed E-state index contributed by atoms with van der Waals surface area (Å²) in [4.78, 5) is 17.2. The Hall–Kier alpha value is -2.08. The monoisotopic (exact) mass is 290 g/mol. The molecular formula is C15H18N2O4. The molecule has 1 heterocycles. The van der Waals surface area contributed by atoms with E-state index in [-0.39, 0.29) is 17.7 Å². The molecule has 2 atom stereocenters. The van der Waals surface area contributed by atoms with E-state index in [4.69, 9.17) is 9.52 Å². The van der Waals surface area contributed by atoms with Gasteiger partial charge in [-0.1, -0.05) is 12.8 Å². The summed E-state index contributed by atoms with van der Waals surface area (Å²) in [5.74, 6) is -0.995. The third-order valence-electron chi connectivity index (χ3n) is 4.12. The zero-order valence-electron chi connectivity index (χ0n) is 11.8. The van der Waals surface area contributed by atoms with Crippen molar-refractivity contribution in [3.63, 3.8) is 0 Å². The minimum Gasteiger partial charge on any atom is -0.478 e. The number of oxazole rings is 1. The van der Waals surface area contributed by atoms with Crippen LogP contribution in [0.25, 0.3) is 11.1 Å². The van der Waals surface area contributed by atoms with Crippen molar-refractivity contribution in [1.82, 2.24) is 4.98 Å². The van der Waals surface area contributed by atoms with Gasteiger partial charge in [0, 0.05) is 7.05 Å². The van der Waals surface area contributed by atoms with Gasteiger partial charge in [-0.3, -0.25) is 0 Å². The molecule has 1 aliphatic rings. The minimum atomic E-state index is -0.995. The third kappa shape index (κ3) is 2.58. The number of nitrogens with zero attached hydrogens (tertiary/aromatic N) is 2. The molecule has 1 aliphatic carbocycles. The molecule has 0 spiro atoms. The largest absolute Gasteiger partial charge is 0.478 e. The molecule has 3 rings (SSSR count). The van der Waals surface area contributed by atoms with Crippen LogP contribution >= 0.6 is 0 Å². The van der Waals surface area contributed by atoms with Gasteiger partial charge < -0.3 is 19.5 Å². The van der Waals surface area contributed by atoms with Crippen molar-refractivity contribution in [3.05, 3.63) is 23.8 Å². The van der Waals surface area contributed by atoms with E-state index in [9.17, 15) is 9.90 Å². The number of hydrogen-bond donors (Lipinski definition) is 2. The van der Waals surface area contributed by atoms with Crippen molar-refractivity contribution in [2.24, 2.45) is 0 Å². The van der Waals surface area contributed by atoms with Crippen LogP contribution in [0, 0.1) is 0 Å². The van der Waals surface area contributed by atoms with Crippen LogP contribution in [0.1, 0.15) is 36.0 Å². The van der Waals surface area contributed by atoms with Crippen LogP contribution in [0.2, 0.25) is 0 Å². The summed E-state index contributed by atoms with van der Waals surface area (Å²) < 4.78 is 5.66. The summed E-state index contributed by atoms with van der Waals surface area (Å²) in [6, 6.07) is 5.02. The molecular weight excluding hydrogens is 272 g/mol. The highest BCUT2D eigenvalue weighted by molar-refractivity contribution is 5.92. The lowest BCUT2D eigenvalue weighted by Gasteiger charge is -2.34. The van der Waals surface area contributed by atoms with Crippen molar-refractivity contribution in [1.29, 1.82) is 0 Å². The molecule has 112 valence electrons. The van der Waals surface area contributed by atoms with Gasteiger partial charge in [-0.05, 0) is 31.0 Å². The molecule has 0 aliphatic heterocycles. The highest BCUT2D eigenvalue weighted by atomic mass is 16.4. The summed E-state index contributed by atoms with van der Waals surface area (Å²) in [5.41, 5.74) is 1.24. The average molecular weight is 290 g/mol. The van der Waals surface area contributed by atoms with Gasteiger partial charge in [0.2, 0.25) is 0 Å². The topological polar surface area (TPSA) is 86.8 Å². The smallest absolute Gasteiger partial charge is 0.335 e. The van der Waals surface area contributed by atoms with Crippen molar-refractivity contribution in [2.45, 2.75) is 37.8 Å². The van der Waals surface area contributed by atoms with E-state index in [0.717, 1.165) is 25.7 Å². The summed E-state index contributed by atoms with van der Waals surface area (Å²) >= 11 is 0. The maximum Gasteiger partial charge on any atom is 0.335 e. The number of benzene rings is 1. The number of likely N-dealkylation sites (N-methyl/N-ethyl adjacent to an activating group) is 1. The molecule has 0 amide bonds. The maximum atomic E-state index is 11.0. The number of hydrogen-bond acceptors (Lipinski definition) is 5. The molecule has 1 aromatic carbocycles. The molecule has 0 saturated heterocycles. The average Bonchev–Trinajstić information content (AvgIpc) is 2.89. The van der Waals surface area contributed by atoms with Gasteiger partial charge in [-0.2, -0.15) is 4.98 Å². The zero-order chi connectivity index (χ0) is 15.0. The molecule has 1 fully saturated rings. The Morgan fingerprint density at radius 2 is 2.14 bits per heavy atom. The fraction of sp³-hybridized carbons (Fsp3) is 0.467. The number of carboxylic acid groups (broad SMARTS) is 1. The second-order valence-electron chi connectivity index (χ2n) is 5.51. The Kier molecular flexibility index (Phi) is 3.55. The summed E-state index contributed by atoms with van der Waals surface area (Å²) in [7, 11) is 1.85. The zero-order valence-corrected chi connectivity index (χ0v) is 11.8. The lowest BCUT2D eigenvalue weighted by atomic mass is 9.92. The van der Waals surface area contributed by atoms with Crippen molar-refractivity contribution in [2.75, 3.05) is 11.9 Å². The first-order valence-corrected chi connectivity index (χ1v) is 7.11. The van der Waals surface area contributed by atoms with Crippen molar-refractivity contribution >= 4 is 23.1 Å². The van der Waals surface area contributed by atoms with Crippen LogP contribution < -0.4 is 4.90 Å².